The number of carbonyl (C=O) groups excluding carboxylic acids is 1. The van der Waals surface area contributed by atoms with Crippen LogP contribution in [0.5, 0.6) is 0 Å². The zero-order valence-corrected chi connectivity index (χ0v) is 14.9. The molecule has 4 nitrogen and oxygen atoms in total. The number of nitrogens with zero attached hydrogens (tertiary/aromatic N) is 1. The van der Waals surface area contributed by atoms with Crippen LogP contribution >= 0.6 is 12.4 Å². The van der Waals surface area contributed by atoms with E-state index in [1.54, 1.807) is 0 Å². The molecule has 5 heteroatoms. The first-order valence-electron chi connectivity index (χ1n) is 8.96. The van der Waals surface area contributed by atoms with Crippen molar-refractivity contribution in [2.75, 3.05) is 39.3 Å². The van der Waals surface area contributed by atoms with Gasteiger partial charge in [0.2, 0.25) is 5.91 Å². The Labute approximate surface area is 142 Å². The van der Waals surface area contributed by atoms with Crippen molar-refractivity contribution < 1.29 is 4.79 Å². The molecule has 0 spiro atoms. The minimum Gasteiger partial charge on any atom is -0.356 e. The number of nitrogens with one attached hydrogen (secondary N) is 2. The van der Waals surface area contributed by atoms with E-state index in [4.69, 9.17) is 0 Å². The Morgan fingerprint density at radius 1 is 1.23 bits per heavy atom. The molecule has 1 aliphatic heterocycles. The summed E-state index contributed by atoms with van der Waals surface area (Å²) in [5.74, 6) is 1.24. The quantitative estimate of drug-likeness (QED) is 0.704. The molecule has 1 saturated carbocycles. The Morgan fingerprint density at radius 2 is 1.91 bits per heavy atom. The van der Waals surface area contributed by atoms with Gasteiger partial charge in [-0.05, 0) is 25.3 Å². The van der Waals surface area contributed by atoms with Crippen LogP contribution in [0.4, 0.5) is 0 Å². The van der Waals surface area contributed by atoms with Gasteiger partial charge >= 0.3 is 0 Å². The van der Waals surface area contributed by atoms with E-state index >= 15 is 0 Å². The first kappa shape index (κ1) is 19.7. The van der Waals surface area contributed by atoms with Gasteiger partial charge < -0.3 is 15.5 Å². The second-order valence-electron chi connectivity index (χ2n) is 6.88. The fraction of sp³-hybridized carbons (Fsp3) is 0.941. The standard InChI is InChI=1S/C17H33N3O.ClH/c1-15(14-16-6-3-2-4-7-16)17(21)19-8-5-11-20-12-9-18-10-13-20;/h15-16,18H,2-14H2,1H3,(H,19,21);1H. The molecular formula is C17H34ClN3O. The molecule has 2 N–H and O–H groups in total. The van der Waals surface area contributed by atoms with Crippen LogP contribution in [0.15, 0.2) is 0 Å². The van der Waals surface area contributed by atoms with Crippen LogP contribution in [0.1, 0.15) is 51.9 Å². The van der Waals surface area contributed by atoms with Gasteiger partial charge in [0.15, 0.2) is 0 Å². The molecule has 2 fully saturated rings. The van der Waals surface area contributed by atoms with Crippen LogP contribution < -0.4 is 10.6 Å². The van der Waals surface area contributed by atoms with Gasteiger partial charge in [0, 0.05) is 38.6 Å². The van der Waals surface area contributed by atoms with Crippen molar-refractivity contribution in [3.63, 3.8) is 0 Å². The topological polar surface area (TPSA) is 44.4 Å². The number of amides is 1. The summed E-state index contributed by atoms with van der Waals surface area (Å²) >= 11 is 0. The van der Waals surface area contributed by atoms with Crippen LogP contribution in [-0.2, 0) is 4.79 Å². The highest BCUT2D eigenvalue weighted by Gasteiger charge is 2.20. The summed E-state index contributed by atoms with van der Waals surface area (Å²) in [6.07, 6.45) is 8.95. The van der Waals surface area contributed by atoms with Gasteiger partial charge in [0.1, 0.15) is 0 Å². The van der Waals surface area contributed by atoms with Gasteiger partial charge in [-0.1, -0.05) is 39.0 Å². The third kappa shape index (κ3) is 7.30. The van der Waals surface area contributed by atoms with Gasteiger partial charge in [0.05, 0.1) is 0 Å². The first-order valence-corrected chi connectivity index (χ1v) is 8.96. The maximum Gasteiger partial charge on any atom is 0.222 e. The molecule has 0 bridgehead atoms. The van der Waals surface area contributed by atoms with Crippen LogP contribution in [0.25, 0.3) is 0 Å². The van der Waals surface area contributed by atoms with Crippen molar-refractivity contribution in [1.82, 2.24) is 15.5 Å². The van der Waals surface area contributed by atoms with E-state index in [-0.39, 0.29) is 24.2 Å². The summed E-state index contributed by atoms with van der Waals surface area (Å²) in [6.45, 7) is 8.53. The lowest BCUT2D eigenvalue weighted by molar-refractivity contribution is -0.125. The highest BCUT2D eigenvalue weighted by atomic mass is 35.5. The van der Waals surface area contributed by atoms with E-state index in [0.29, 0.717) is 0 Å². The molecule has 1 atom stereocenters. The summed E-state index contributed by atoms with van der Waals surface area (Å²) in [7, 11) is 0. The number of halogens is 1. The lowest BCUT2D eigenvalue weighted by Gasteiger charge is -2.27. The third-order valence-corrected chi connectivity index (χ3v) is 5.02. The summed E-state index contributed by atoms with van der Waals surface area (Å²) in [5, 5.41) is 6.50. The summed E-state index contributed by atoms with van der Waals surface area (Å²) in [5.41, 5.74) is 0. The Balaban J connectivity index is 0.00000242. The number of hydrogen-bond donors (Lipinski definition) is 2. The van der Waals surface area contributed by atoms with Crippen LogP contribution in [0.2, 0.25) is 0 Å². The average molecular weight is 332 g/mol. The largest absolute Gasteiger partial charge is 0.356 e. The highest BCUT2D eigenvalue weighted by Crippen LogP contribution is 2.28. The van der Waals surface area contributed by atoms with Gasteiger partial charge in [0.25, 0.3) is 0 Å². The molecule has 22 heavy (non-hydrogen) atoms. The summed E-state index contributed by atoms with van der Waals surface area (Å²) < 4.78 is 0. The predicted octanol–water partition coefficient (Wildman–Crippen LogP) is 2.43. The van der Waals surface area contributed by atoms with Gasteiger partial charge in [-0.25, -0.2) is 0 Å². The van der Waals surface area contributed by atoms with Gasteiger partial charge in [-0.2, -0.15) is 0 Å². The lowest BCUT2D eigenvalue weighted by atomic mass is 9.83. The monoisotopic (exact) mass is 331 g/mol. The zero-order chi connectivity index (χ0) is 14.9. The Kier molecular flexibility index (Phi) is 10.1. The molecule has 0 radical (unpaired) electrons. The Hall–Kier alpha value is -0.320. The highest BCUT2D eigenvalue weighted by molar-refractivity contribution is 5.85. The van der Waals surface area contributed by atoms with Crippen LogP contribution in [-0.4, -0.2) is 50.1 Å². The van der Waals surface area contributed by atoms with Crippen molar-refractivity contribution in [3.05, 3.63) is 0 Å². The Bertz CT molecular complexity index is 302. The Morgan fingerprint density at radius 3 is 2.59 bits per heavy atom. The maximum atomic E-state index is 12.1. The molecule has 2 rings (SSSR count). The minimum absolute atomic E-state index is 0. The molecule has 130 valence electrons. The lowest BCUT2D eigenvalue weighted by Crippen LogP contribution is -2.44. The molecule has 1 amide bonds. The second kappa shape index (κ2) is 11.3. The molecule has 1 unspecified atom stereocenters. The molecule has 1 saturated heterocycles. The summed E-state index contributed by atoms with van der Waals surface area (Å²) in [4.78, 5) is 14.6. The fourth-order valence-corrected chi connectivity index (χ4v) is 3.65. The molecule has 0 aromatic carbocycles. The van der Waals surface area contributed by atoms with Crippen molar-refractivity contribution in [2.24, 2.45) is 11.8 Å². The minimum atomic E-state index is 0. The van der Waals surface area contributed by atoms with E-state index < -0.39 is 0 Å². The third-order valence-electron chi connectivity index (χ3n) is 5.02. The van der Waals surface area contributed by atoms with Crippen molar-refractivity contribution in [1.29, 1.82) is 0 Å². The number of rotatable bonds is 7. The molecule has 0 aromatic heterocycles. The molecule has 2 aliphatic rings. The first-order chi connectivity index (χ1) is 10.3. The fourth-order valence-electron chi connectivity index (χ4n) is 3.65. The number of carbonyl (C=O) groups is 1. The average Bonchev–Trinajstić information content (AvgIpc) is 2.53. The second-order valence-corrected chi connectivity index (χ2v) is 6.88. The molecule has 1 heterocycles. The molecular weight excluding hydrogens is 298 g/mol. The number of piperazine rings is 1. The summed E-state index contributed by atoms with van der Waals surface area (Å²) in [6, 6.07) is 0. The van der Waals surface area contributed by atoms with E-state index in [2.05, 4.69) is 22.5 Å². The predicted molar refractivity (Wildman–Crippen MR) is 94.5 cm³/mol. The van der Waals surface area contributed by atoms with Crippen LogP contribution in [0.3, 0.4) is 0 Å². The normalized spacial score (nSPS) is 21.9. The van der Waals surface area contributed by atoms with Crippen molar-refractivity contribution >= 4 is 18.3 Å². The molecule has 1 aliphatic carbocycles. The molecule has 0 aromatic rings. The maximum absolute atomic E-state index is 12.1. The smallest absolute Gasteiger partial charge is 0.222 e. The van der Waals surface area contributed by atoms with Crippen molar-refractivity contribution in [2.45, 2.75) is 51.9 Å². The van der Waals surface area contributed by atoms with Crippen LogP contribution in [0, 0.1) is 11.8 Å². The SMILES string of the molecule is CC(CC1CCCCC1)C(=O)NCCCN1CCNCC1.Cl. The van der Waals surface area contributed by atoms with E-state index in [1.165, 1.54) is 32.1 Å². The zero-order valence-electron chi connectivity index (χ0n) is 14.1. The number of hydrogen-bond acceptors (Lipinski definition) is 3. The van der Waals surface area contributed by atoms with Gasteiger partial charge in [-0.15, -0.1) is 12.4 Å². The van der Waals surface area contributed by atoms with E-state index in [0.717, 1.165) is 58.0 Å². The van der Waals surface area contributed by atoms with Crippen molar-refractivity contribution in [3.8, 4) is 0 Å². The van der Waals surface area contributed by atoms with E-state index in [1.807, 2.05) is 0 Å². The van der Waals surface area contributed by atoms with Gasteiger partial charge in [-0.3, -0.25) is 4.79 Å². The van der Waals surface area contributed by atoms with E-state index in [9.17, 15) is 4.79 Å².